The standard InChI is InChI=1S/C16H20N4O3S/c1-9(2)7-20-14(10-3-4-10)11(5-18-20)15(21)17-6-13-19-12(8-24-13)16(22)23/h5,8-10H,3-4,6-7H2,1-2H3,(H,17,21)(H,22,23). The van der Waals surface area contributed by atoms with Gasteiger partial charge in [0.2, 0.25) is 0 Å². The van der Waals surface area contributed by atoms with Gasteiger partial charge in [-0.2, -0.15) is 5.10 Å². The smallest absolute Gasteiger partial charge is 0.355 e. The van der Waals surface area contributed by atoms with Crippen molar-refractivity contribution in [1.82, 2.24) is 20.1 Å². The van der Waals surface area contributed by atoms with Crippen LogP contribution in [0.25, 0.3) is 0 Å². The number of hydrogen-bond acceptors (Lipinski definition) is 5. The van der Waals surface area contributed by atoms with Crippen molar-refractivity contribution in [2.45, 2.75) is 45.7 Å². The molecule has 0 aromatic carbocycles. The monoisotopic (exact) mass is 348 g/mol. The predicted molar refractivity (Wildman–Crippen MR) is 89.3 cm³/mol. The molecule has 1 amide bonds. The van der Waals surface area contributed by atoms with Gasteiger partial charge in [-0.05, 0) is 18.8 Å². The van der Waals surface area contributed by atoms with E-state index in [4.69, 9.17) is 5.11 Å². The van der Waals surface area contributed by atoms with Gasteiger partial charge in [-0.3, -0.25) is 9.48 Å². The van der Waals surface area contributed by atoms with Crippen LogP contribution in [0.5, 0.6) is 0 Å². The lowest BCUT2D eigenvalue weighted by atomic mass is 10.1. The zero-order valence-electron chi connectivity index (χ0n) is 13.7. The highest BCUT2D eigenvalue weighted by molar-refractivity contribution is 7.09. The van der Waals surface area contributed by atoms with Gasteiger partial charge in [0.1, 0.15) is 5.01 Å². The molecule has 2 aromatic heterocycles. The summed E-state index contributed by atoms with van der Waals surface area (Å²) in [4.78, 5) is 27.3. The van der Waals surface area contributed by atoms with E-state index in [9.17, 15) is 9.59 Å². The molecular formula is C16H20N4O3S. The molecule has 0 spiro atoms. The summed E-state index contributed by atoms with van der Waals surface area (Å²) in [6, 6.07) is 0. The fourth-order valence-corrected chi connectivity index (χ4v) is 3.30. The molecule has 0 saturated heterocycles. The molecule has 1 aliphatic rings. The summed E-state index contributed by atoms with van der Waals surface area (Å²) < 4.78 is 1.95. The van der Waals surface area contributed by atoms with Crippen LogP contribution in [-0.2, 0) is 13.1 Å². The summed E-state index contributed by atoms with van der Waals surface area (Å²) in [6.45, 7) is 5.27. The van der Waals surface area contributed by atoms with E-state index in [1.165, 1.54) is 16.7 Å². The van der Waals surface area contributed by atoms with Crippen molar-refractivity contribution in [3.8, 4) is 0 Å². The second-order valence-corrected chi connectivity index (χ2v) is 7.35. The third-order valence-electron chi connectivity index (χ3n) is 3.80. The summed E-state index contributed by atoms with van der Waals surface area (Å²) >= 11 is 1.22. The molecule has 0 aliphatic heterocycles. The van der Waals surface area contributed by atoms with Crippen molar-refractivity contribution in [3.05, 3.63) is 33.5 Å². The zero-order chi connectivity index (χ0) is 17.3. The quantitative estimate of drug-likeness (QED) is 0.801. The van der Waals surface area contributed by atoms with Crippen molar-refractivity contribution in [1.29, 1.82) is 0 Å². The number of carbonyl (C=O) groups is 2. The van der Waals surface area contributed by atoms with E-state index < -0.39 is 5.97 Å². The van der Waals surface area contributed by atoms with Gasteiger partial charge < -0.3 is 10.4 Å². The number of carbonyl (C=O) groups excluding carboxylic acids is 1. The van der Waals surface area contributed by atoms with E-state index in [-0.39, 0.29) is 18.1 Å². The first-order valence-corrected chi connectivity index (χ1v) is 8.85. The topological polar surface area (TPSA) is 97.1 Å². The maximum absolute atomic E-state index is 12.5. The molecule has 2 heterocycles. The lowest BCUT2D eigenvalue weighted by molar-refractivity contribution is 0.0691. The number of amides is 1. The van der Waals surface area contributed by atoms with Crippen molar-refractivity contribution in [3.63, 3.8) is 0 Å². The molecule has 2 aromatic rings. The molecule has 8 heteroatoms. The minimum Gasteiger partial charge on any atom is -0.476 e. The summed E-state index contributed by atoms with van der Waals surface area (Å²) in [6.07, 6.45) is 3.83. The van der Waals surface area contributed by atoms with E-state index in [0.717, 1.165) is 25.1 Å². The first-order chi connectivity index (χ1) is 11.5. The van der Waals surface area contributed by atoms with E-state index in [1.54, 1.807) is 6.20 Å². The Morgan fingerprint density at radius 1 is 1.46 bits per heavy atom. The number of hydrogen-bond donors (Lipinski definition) is 2. The normalized spacial score (nSPS) is 14.1. The second kappa shape index (κ2) is 6.72. The average Bonchev–Trinajstić information content (AvgIpc) is 3.09. The molecule has 0 unspecified atom stereocenters. The highest BCUT2D eigenvalue weighted by atomic mass is 32.1. The number of thiazole rings is 1. The van der Waals surface area contributed by atoms with Crippen molar-refractivity contribution < 1.29 is 14.7 Å². The van der Waals surface area contributed by atoms with Crippen LogP contribution >= 0.6 is 11.3 Å². The fourth-order valence-electron chi connectivity index (χ4n) is 2.59. The van der Waals surface area contributed by atoms with Gasteiger partial charge in [0.05, 0.1) is 24.0 Å². The van der Waals surface area contributed by atoms with E-state index in [1.807, 2.05) is 4.68 Å². The zero-order valence-corrected chi connectivity index (χ0v) is 14.5. The van der Waals surface area contributed by atoms with E-state index >= 15 is 0 Å². The summed E-state index contributed by atoms with van der Waals surface area (Å²) in [7, 11) is 0. The van der Waals surface area contributed by atoms with Crippen molar-refractivity contribution >= 4 is 23.2 Å². The average molecular weight is 348 g/mol. The number of carboxylic acids is 1. The summed E-state index contributed by atoms with van der Waals surface area (Å²) in [5.74, 6) is -0.359. The van der Waals surface area contributed by atoms with Crippen LogP contribution in [0.3, 0.4) is 0 Å². The third kappa shape index (κ3) is 3.64. The fraction of sp³-hybridized carbons (Fsp3) is 0.500. The first kappa shape index (κ1) is 16.6. The highest BCUT2D eigenvalue weighted by Gasteiger charge is 2.32. The molecular weight excluding hydrogens is 328 g/mol. The molecule has 0 atom stereocenters. The SMILES string of the molecule is CC(C)Cn1ncc(C(=O)NCc2nc(C(=O)O)cs2)c1C1CC1. The first-order valence-electron chi connectivity index (χ1n) is 7.97. The van der Waals surface area contributed by atoms with Crippen LogP contribution in [0.2, 0.25) is 0 Å². The lowest BCUT2D eigenvalue weighted by Gasteiger charge is -2.11. The number of nitrogens with zero attached hydrogens (tertiary/aromatic N) is 3. The van der Waals surface area contributed by atoms with E-state index in [2.05, 4.69) is 29.2 Å². The largest absolute Gasteiger partial charge is 0.476 e. The Morgan fingerprint density at radius 2 is 2.21 bits per heavy atom. The summed E-state index contributed by atoms with van der Waals surface area (Å²) in [5, 5.41) is 18.1. The van der Waals surface area contributed by atoms with Gasteiger partial charge in [-0.15, -0.1) is 11.3 Å². The number of nitrogens with one attached hydrogen (secondary N) is 1. The Hall–Kier alpha value is -2.22. The number of carboxylic acid groups (broad SMARTS) is 1. The number of rotatable bonds is 7. The molecule has 0 radical (unpaired) electrons. The molecule has 1 aliphatic carbocycles. The molecule has 1 fully saturated rings. The van der Waals surface area contributed by atoms with E-state index in [0.29, 0.717) is 22.4 Å². The Balaban J connectivity index is 1.70. The Morgan fingerprint density at radius 3 is 2.79 bits per heavy atom. The van der Waals surface area contributed by atoms with Crippen LogP contribution in [0.1, 0.15) is 64.2 Å². The van der Waals surface area contributed by atoms with Gasteiger partial charge in [0, 0.05) is 17.8 Å². The van der Waals surface area contributed by atoms with Crippen LogP contribution < -0.4 is 5.32 Å². The van der Waals surface area contributed by atoms with Gasteiger partial charge in [0.15, 0.2) is 5.69 Å². The van der Waals surface area contributed by atoms with Gasteiger partial charge in [-0.25, -0.2) is 9.78 Å². The predicted octanol–water partition coefficient (Wildman–Crippen LogP) is 2.50. The van der Waals surface area contributed by atoms with Gasteiger partial charge >= 0.3 is 5.97 Å². The Labute approximate surface area is 143 Å². The van der Waals surface area contributed by atoms with Crippen molar-refractivity contribution in [2.24, 2.45) is 5.92 Å². The molecule has 0 bridgehead atoms. The van der Waals surface area contributed by atoms with Crippen LogP contribution in [0, 0.1) is 5.92 Å². The highest BCUT2D eigenvalue weighted by Crippen LogP contribution is 2.41. The van der Waals surface area contributed by atoms with Crippen molar-refractivity contribution in [2.75, 3.05) is 0 Å². The number of aromatic nitrogens is 3. The lowest BCUT2D eigenvalue weighted by Crippen LogP contribution is -2.24. The molecule has 24 heavy (non-hydrogen) atoms. The second-order valence-electron chi connectivity index (χ2n) is 6.41. The maximum atomic E-state index is 12.5. The third-order valence-corrected chi connectivity index (χ3v) is 4.65. The minimum absolute atomic E-state index is 0.00710. The number of aromatic carboxylic acids is 1. The van der Waals surface area contributed by atoms with Crippen LogP contribution in [0.4, 0.5) is 0 Å². The molecule has 2 N–H and O–H groups in total. The molecule has 128 valence electrons. The summed E-state index contributed by atoms with van der Waals surface area (Å²) in [5.41, 5.74) is 1.65. The Bertz CT molecular complexity index is 761. The van der Waals surface area contributed by atoms with Crippen LogP contribution in [0.15, 0.2) is 11.6 Å². The van der Waals surface area contributed by atoms with Crippen LogP contribution in [-0.4, -0.2) is 31.7 Å². The van der Waals surface area contributed by atoms with Gasteiger partial charge in [0.25, 0.3) is 5.91 Å². The maximum Gasteiger partial charge on any atom is 0.355 e. The molecule has 3 rings (SSSR count). The Kier molecular flexibility index (Phi) is 4.66. The molecule has 7 nitrogen and oxygen atoms in total. The minimum atomic E-state index is -1.06. The molecule has 1 saturated carbocycles. The van der Waals surface area contributed by atoms with Gasteiger partial charge in [-0.1, -0.05) is 13.8 Å².